The standard InChI is InChI=1S/C13H9F2NO/c1-8-5-6-16-11(7-8)13(17)9-3-2-4-10(14)12(9)15/h2-7H,1H3. The van der Waals surface area contributed by atoms with E-state index < -0.39 is 17.4 Å². The fourth-order valence-corrected chi connectivity index (χ4v) is 1.48. The van der Waals surface area contributed by atoms with Gasteiger partial charge < -0.3 is 0 Å². The number of pyridine rings is 1. The number of carbonyl (C=O) groups excluding carboxylic acids is 1. The van der Waals surface area contributed by atoms with Gasteiger partial charge in [0.05, 0.1) is 5.56 Å². The molecule has 0 aliphatic carbocycles. The summed E-state index contributed by atoms with van der Waals surface area (Å²) in [5.41, 5.74) is 0.637. The van der Waals surface area contributed by atoms with Crippen molar-refractivity contribution >= 4 is 5.78 Å². The molecule has 4 heteroatoms. The van der Waals surface area contributed by atoms with Crippen molar-refractivity contribution < 1.29 is 13.6 Å². The van der Waals surface area contributed by atoms with Gasteiger partial charge >= 0.3 is 0 Å². The highest BCUT2D eigenvalue weighted by Crippen LogP contribution is 2.15. The molecular weight excluding hydrogens is 224 g/mol. The van der Waals surface area contributed by atoms with Gasteiger partial charge in [-0.05, 0) is 36.8 Å². The van der Waals surface area contributed by atoms with Crippen molar-refractivity contribution in [3.05, 3.63) is 65.0 Å². The molecule has 0 saturated heterocycles. The highest BCUT2D eigenvalue weighted by Gasteiger charge is 2.17. The molecule has 0 aliphatic rings. The van der Waals surface area contributed by atoms with E-state index in [4.69, 9.17) is 0 Å². The molecule has 0 amide bonds. The Morgan fingerprint density at radius 3 is 2.71 bits per heavy atom. The van der Waals surface area contributed by atoms with Crippen molar-refractivity contribution in [2.45, 2.75) is 6.92 Å². The molecule has 0 aliphatic heterocycles. The van der Waals surface area contributed by atoms with Crippen molar-refractivity contribution in [3.8, 4) is 0 Å². The molecule has 0 unspecified atom stereocenters. The van der Waals surface area contributed by atoms with Crippen molar-refractivity contribution in [1.82, 2.24) is 4.98 Å². The molecule has 0 N–H and O–H groups in total. The minimum absolute atomic E-state index is 0.106. The van der Waals surface area contributed by atoms with Gasteiger partial charge in [0.25, 0.3) is 0 Å². The number of rotatable bonds is 2. The van der Waals surface area contributed by atoms with Crippen molar-refractivity contribution in [3.63, 3.8) is 0 Å². The summed E-state index contributed by atoms with van der Waals surface area (Å²) in [5, 5.41) is 0. The smallest absolute Gasteiger partial charge is 0.214 e. The second-order valence-electron chi connectivity index (χ2n) is 3.65. The molecule has 0 saturated carbocycles. The van der Waals surface area contributed by atoms with E-state index in [0.717, 1.165) is 11.6 Å². The van der Waals surface area contributed by atoms with Gasteiger partial charge in [0.15, 0.2) is 11.6 Å². The first-order valence-electron chi connectivity index (χ1n) is 5.01. The van der Waals surface area contributed by atoms with Crippen LogP contribution in [0.3, 0.4) is 0 Å². The molecule has 2 aromatic rings. The lowest BCUT2D eigenvalue weighted by atomic mass is 10.1. The van der Waals surface area contributed by atoms with Gasteiger partial charge in [0.2, 0.25) is 5.78 Å². The van der Waals surface area contributed by atoms with E-state index in [1.807, 2.05) is 0 Å². The first-order valence-corrected chi connectivity index (χ1v) is 5.01. The molecule has 0 fully saturated rings. The third-order valence-electron chi connectivity index (χ3n) is 2.34. The summed E-state index contributed by atoms with van der Waals surface area (Å²) in [7, 11) is 0. The number of carbonyl (C=O) groups is 1. The second-order valence-corrected chi connectivity index (χ2v) is 3.65. The van der Waals surface area contributed by atoms with E-state index in [2.05, 4.69) is 4.98 Å². The molecule has 1 aromatic carbocycles. The van der Waals surface area contributed by atoms with Crippen molar-refractivity contribution in [2.24, 2.45) is 0 Å². The molecular formula is C13H9F2NO. The van der Waals surface area contributed by atoms with E-state index >= 15 is 0 Å². The fourth-order valence-electron chi connectivity index (χ4n) is 1.48. The van der Waals surface area contributed by atoms with Crippen LogP contribution in [-0.4, -0.2) is 10.8 Å². The minimum Gasteiger partial charge on any atom is -0.287 e. The number of ketones is 1. The number of hydrogen-bond donors (Lipinski definition) is 0. The quantitative estimate of drug-likeness (QED) is 0.746. The van der Waals surface area contributed by atoms with Gasteiger partial charge in [-0.3, -0.25) is 9.78 Å². The monoisotopic (exact) mass is 233 g/mol. The van der Waals surface area contributed by atoms with Crippen LogP contribution in [0, 0.1) is 18.6 Å². The number of aromatic nitrogens is 1. The summed E-state index contributed by atoms with van der Waals surface area (Å²) in [6.07, 6.45) is 1.46. The lowest BCUT2D eigenvalue weighted by Crippen LogP contribution is -2.07. The average Bonchev–Trinajstić information content (AvgIpc) is 2.32. The van der Waals surface area contributed by atoms with E-state index in [9.17, 15) is 13.6 Å². The van der Waals surface area contributed by atoms with Crippen LogP contribution < -0.4 is 0 Å². The summed E-state index contributed by atoms with van der Waals surface area (Å²) in [6.45, 7) is 1.79. The molecule has 1 aromatic heterocycles. The predicted octanol–water partition coefficient (Wildman–Crippen LogP) is 2.90. The summed E-state index contributed by atoms with van der Waals surface area (Å²) < 4.78 is 26.4. The van der Waals surface area contributed by atoms with Crippen LogP contribution in [0.1, 0.15) is 21.6 Å². The number of halogens is 2. The molecule has 0 atom stereocenters. The van der Waals surface area contributed by atoms with E-state index in [0.29, 0.717) is 0 Å². The Hall–Kier alpha value is -2.10. The van der Waals surface area contributed by atoms with E-state index in [1.54, 1.807) is 13.0 Å². The Bertz CT molecular complexity index is 581. The number of hydrogen-bond acceptors (Lipinski definition) is 2. The molecule has 86 valence electrons. The Labute approximate surface area is 96.9 Å². The number of benzene rings is 1. The Morgan fingerprint density at radius 1 is 1.24 bits per heavy atom. The normalized spacial score (nSPS) is 10.3. The molecule has 0 spiro atoms. The first-order chi connectivity index (χ1) is 8.09. The topological polar surface area (TPSA) is 30.0 Å². The highest BCUT2D eigenvalue weighted by atomic mass is 19.2. The predicted molar refractivity (Wildman–Crippen MR) is 58.8 cm³/mol. The van der Waals surface area contributed by atoms with Gasteiger partial charge in [-0.1, -0.05) is 6.07 Å². The van der Waals surface area contributed by atoms with Gasteiger partial charge in [0, 0.05) is 6.20 Å². The SMILES string of the molecule is Cc1ccnc(C(=O)c2cccc(F)c2F)c1. The average molecular weight is 233 g/mol. The van der Waals surface area contributed by atoms with Crippen LogP contribution in [0.15, 0.2) is 36.5 Å². The molecule has 1 heterocycles. The largest absolute Gasteiger partial charge is 0.287 e. The molecule has 2 nitrogen and oxygen atoms in total. The maximum atomic E-state index is 13.4. The Morgan fingerprint density at radius 2 is 2.00 bits per heavy atom. The van der Waals surface area contributed by atoms with Gasteiger partial charge in [-0.15, -0.1) is 0 Å². The fraction of sp³-hybridized carbons (Fsp3) is 0.0769. The zero-order valence-corrected chi connectivity index (χ0v) is 9.08. The zero-order valence-electron chi connectivity index (χ0n) is 9.08. The zero-order chi connectivity index (χ0) is 12.4. The first kappa shape index (κ1) is 11.4. The van der Waals surface area contributed by atoms with Crippen molar-refractivity contribution in [1.29, 1.82) is 0 Å². The van der Waals surface area contributed by atoms with E-state index in [1.165, 1.54) is 24.4 Å². The third-order valence-corrected chi connectivity index (χ3v) is 2.34. The maximum Gasteiger partial charge on any atom is 0.214 e. The van der Waals surface area contributed by atoms with Crippen LogP contribution in [0.5, 0.6) is 0 Å². The van der Waals surface area contributed by atoms with Gasteiger partial charge in [-0.2, -0.15) is 0 Å². The molecule has 2 rings (SSSR count). The van der Waals surface area contributed by atoms with Crippen LogP contribution in [-0.2, 0) is 0 Å². The van der Waals surface area contributed by atoms with Crippen LogP contribution >= 0.6 is 0 Å². The van der Waals surface area contributed by atoms with Crippen LogP contribution in [0.4, 0.5) is 8.78 Å². The van der Waals surface area contributed by atoms with Crippen molar-refractivity contribution in [2.75, 3.05) is 0 Å². The molecule has 0 bridgehead atoms. The molecule has 17 heavy (non-hydrogen) atoms. The van der Waals surface area contributed by atoms with E-state index in [-0.39, 0.29) is 11.3 Å². The summed E-state index contributed by atoms with van der Waals surface area (Å²) in [5.74, 6) is -2.80. The van der Waals surface area contributed by atoms with Gasteiger partial charge in [-0.25, -0.2) is 8.78 Å². The van der Waals surface area contributed by atoms with Crippen LogP contribution in [0.2, 0.25) is 0 Å². The van der Waals surface area contributed by atoms with Crippen LogP contribution in [0.25, 0.3) is 0 Å². The third kappa shape index (κ3) is 2.20. The summed E-state index contributed by atoms with van der Waals surface area (Å²) in [6, 6.07) is 6.76. The number of nitrogens with zero attached hydrogens (tertiary/aromatic N) is 1. The molecule has 0 radical (unpaired) electrons. The summed E-state index contributed by atoms with van der Waals surface area (Å²) >= 11 is 0. The lowest BCUT2D eigenvalue weighted by Gasteiger charge is -2.03. The minimum atomic E-state index is -1.14. The second kappa shape index (κ2) is 4.41. The lowest BCUT2D eigenvalue weighted by molar-refractivity contribution is 0.102. The number of aryl methyl sites for hydroxylation is 1. The Kier molecular flexibility index (Phi) is 2.95. The highest BCUT2D eigenvalue weighted by molar-refractivity contribution is 6.07. The summed E-state index contributed by atoms with van der Waals surface area (Å²) in [4.78, 5) is 15.8. The maximum absolute atomic E-state index is 13.4. The van der Waals surface area contributed by atoms with Gasteiger partial charge in [0.1, 0.15) is 5.69 Å². The Balaban J connectivity index is 2.48.